The fraction of sp³-hybridized carbons (Fsp3) is 1.00. The summed E-state index contributed by atoms with van der Waals surface area (Å²) in [5.41, 5.74) is -1.77. The molecule has 1 saturated heterocycles. The monoisotopic (exact) mass is 212 g/mol. The van der Waals surface area contributed by atoms with Gasteiger partial charge in [0.2, 0.25) is 0 Å². The number of halogens is 3. The van der Waals surface area contributed by atoms with Gasteiger partial charge in [0.25, 0.3) is 0 Å². The van der Waals surface area contributed by atoms with Crippen molar-refractivity contribution in [3.05, 3.63) is 0 Å². The van der Waals surface area contributed by atoms with Crippen molar-refractivity contribution in [2.75, 3.05) is 26.3 Å². The summed E-state index contributed by atoms with van der Waals surface area (Å²) in [6.45, 7) is 1.78. The van der Waals surface area contributed by atoms with E-state index < -0.39 is 11.6 Å². The van der Waals surface area contributed by atoms with Gasteiger partial charge in [-0.15, -0.1) is 0 Å². The third-order valence-electron chi connectivity index (χ3n) is 2.57. The Morgan fingerprint density at radius 1 is 1.50 bits per heavy atom. The van der Waals surface area contributed by atoms with E-state index in [1.54, 1.807) is 6.92 Å². The molecule has 1 aliphatic heterocycles. The molecule has 0 bridgehead atoms. The molecule has 1 fully saturated rings. The molecule has 0 saturated carbocycles. The van der Waals surface area contributed by atoms with E-state index in [0.29, 0.717) is 6.61 Å². The van der Waals surface area contributed by atoms with Crippen LogP contribution in [-0.4, -0.2) is 37.5 Å². The van der Waals surface area contributed by atoms with Crippen LogP contribution in [0.4, 0.5) is 13.2 Å². The van der Waals surface area contributed by atoms with Gasteiger partial charge in [0.15, 0.2) is 0 Å². The number of rotatable bonds is 3. The number of ether oxygens (including phenoxy) is 1. The van der Waals surface area contributed by atoms with Crippen LogP contribution in [0.25, 0.3) is 0 Å². The van der Waals surface area contributed by atoms with Crippen molar-refractivity contribution in [3.63, 3.8) is 0 Å². The molecular weight excluding hydrogens is 197 g/mol. The lowest BCUT2D eigenvalue weighted by atomic mass is 9.87. The van der Waals surface area contributed by atoms with Crippen LogP contribution in [0, 0.1) is 5.41 Å². The molecule has 6 heteroatoms. The molecule has 1 atom stereocenters. The second-order valence-electron chi connectivity index (χ2n) is 3.64. The highest BCUT2D eigenvalue weighted by Crippen LogP contribution is 2.44. The number of hydrogen-bond donors (Lipinski definition) is 1. The first kappa shape index (κ1) is 11.7. The molecule has 0 radical (unpaired) electrons. The summed E-state index contributed by atoms with van der Waals surface area (Å²) in [7, 11) is 0. The Labute approximate surface area is 81.0 Å². The standard InChI is InChI=1S/C8H15F3N2O/c1-2-14-6-7(8(9,10)11)3-4-13(12)5-7/h2-6,12H2,1H3/t7-/m1/s1. The highest BCUT2D eigenvalue weighted by molar-refractivity contribution is 4.93. The zero-order chi connectivity index (χ0) is 10.8. The fourth-order valence-electron chi connectivity index (χ4n) is 1.63. The molecule has 1 aliphatic rings. The normalized spacial score (nSPS) is 29.8. The Bertz CT molecular complexity index is 198. The molecule has 0 spiro atoms. The predicted octanol–water partition coefficient (Wildman–Crippen LogP) is 1.15. The van der Waals surface area contributed by atoms with Crippen LogP contribution >= 0.6 is 0 Å². The average molecular weight is 212 g/mol. The van der Waals surface area contributed by atoms with Crippen molar-refractivity contribution < 1.29 is 17.9 Å². The number of nitrogens with zero attached hydrogens (tertiary/aromatic N) is 1. The fourth-order valence-corrected chi connectivity index (χ4v) is 1.63. The van der Waals surface area contributed by atoms with Crippen LogP contribution in [0.3, 0.4) is 0 Å². The second kappa shape index (κ2) is 4.04. The first-order valence-electron chi connectivity index (χ1n) is 4.55. The van der Waals surface area contributed by atoms with Crippen LogP contribution in [-0.2, 0) is 4.74 Å². The molecule has 0 aliphatic carbocycles. The van der Waals surface area contributed by atoms with Crippen molar-refractivity contribution in [1.29, 1.82) is 0 Å². The van der Waals surface area contributed by atoms with Gasteiger partial charge in [-0.25, -0.2) is 5.01 Å². The lowest BCUT2D eigenvalue weighted by molar-refractivity contribution is -0.235. The van der Waals surface area contributed by atoms with Crippen molar-refractivity contribution >= 4 is 0 Å². The van der Waals surface area contributed by atoms with Crippen molar-refractivity contribution in [3.8, 4) is 0 Å². The smallest absolute Gasteiger partial charge is 0.381 e. The van der Waals surface area contributed by atoms with Gasteiger partial charge < -0.3 is 4.74 Å². The molecule has 3 nitrogen and oxygen atoms in total. The summed E-state index contributed by atoms with van der Waals surface area (Å²) in [6.07, 6.45) is -4.22. The molecule has 84 valence electrons. The number of hydrazine groups is 1. The second-order valence-corrected chi connectivity index (χ2v) is 3.64. The molecule has 0 aromatic carbocycles. The van der Waals surface area contributed by atoms with E-state index in [0.717, 1.165) is 0 Å². The molecule has 0 aromatic rings. The van der Waals surface area contributed by atoms with Crippen LogP contribution in [0.5, 0.6) is 0 Å². The van der Waals surface area contributed by atoms with Crippen molar-refractivity contribution in [1.82, 2.24) is 5.01 Å². The zero-order valence-corrected chi connectivity index (χ0v) is 8.10. The molecular formula is C8H15F3N2O. The molecule has 0 unspecified atom stereocenters. The topological polar surface area (TPSA) is 38.5 Å². The summed E-state index contributed by atoms with van der Waals surface area (Å²) in [5.74, 6) is 5.36. The van der Waals surface area contributed by atoms with Gasteiger partial charge in [0, 0.05) is 19.7 Å². The van der Waals surface area contributed by atoms with Gasteiger partial charge in [-0.1, -0.05) is 0 Å². The van der Waals surface area contributed by atoms with Gasteiger partial charge in [-0.3, -0.25) is 5.84 Å². The van der Waals surface area contributed by atoms with Crippen LogP contribution in [0.1, 0.15) is 13.3 Å². The third kappa shape index (κ3) is 2.18. The number of hydrogen-bond acceptors (Lipinski definition) is 3. The summed E-state index contributed by atoms with van der Waals surface area (Å²) in [6, 6.07) is 0. The maximum atomic E-state index is 12.8. The highest BCUT2D eigenvalue weighted by atomic mass is 19.4. The van der Waals surface area contributed by atoms with Gasteiger partial charge >= 0.3 is 6.18 Å². The molecule has 1 heterocycles. The Hall–Kier alpha value is -0.330. The van der Waals surface area contributed by atoms with Gasteiger partial charge in [0.1, 0.15) is 5.41 Å². The maximum Gasteiger partial charge on any atom is 0.398 e. The minimum atomic E-state index is -4.24. The van der Waals surface area contributed by atoms with E-state index in [1.165, 1.54) is 5.01 Å². The average Bonchev–Trinajstić information content (AvgIpc) is 2.44. The minimum Gasteiger partial charge on any atom is -0.381 e. The van der Waals surface area contributed by atoms with Gasteiger partial charge in [-0.05, 0) is 13.3 Å². The maximum absolute atomic E-state index is 12.8. The zero-order valence-electron chi connectivity index (χ0n) is 8.10. The first-order chi connectivity index (χ1) is 6.41. The molecule has 2 N–H and O–H groups in total. The Kier molecular flexibility index (Phi) is 3.39. The largest absolute Gasteiger partial charge is 0.398 e. The van der Waals surface area contributed by atoms with E-state index in [1.807, 2.05) is 0 Å². The molecule has 0 amide bonds. The highest BCUT2D eigenvalue weighted by Gasteiger charge is 2.57. The van der Waals surface area contributed by atoms with Crippen molar-refractivity contribution in [2.45, 2.75) is 19.5 Å². The van der Waals surface area contributed by atoms with Crippen molar-refractivity contribution in [2.24, 2.45) is 11.3 Å². The quantitative estimate of drug-likeness (QED) is 0.713. The molecule has 1 rings (SSSR count). The number of alkyl halides is 3. The lowest BCUT2D eigenvalue weighted by Gasteiger charge is -2.30. The van der Waals surface area contributed by atoms with Gasteiger partial charge in [0.05, 0.1) is 6.61 Å². The summed E-state index contributed by atoms with van der Waals surface area (Å²) >= 11 is 0. The van der Waals surface area contributed by atoms with E-state index in [9.17, 15) is 13.2 Å². The van der Waals surface area contributed by atoms with Crippen LogP contribution < -0.4 is 5.84 Å². The predicted molar refractivity (Wildman–Crippen MR) is 45.4 cm³/mol. The Morgan fingerprint density at radius 3 is 2.50 bits per heavy atom. The summed E-state index contributed by atoms with van der Waals surface area (Å²) in [4.78, 5) is 0. The SMILES string of the molecule is CCOC[C@@]1(C(F)(F)F)CCN(N)C1. The van der Waals surface area contributed by atoms with E-state index >= 15 is 0 Å². The lowest BCUT2D eigenvalue weighted by Crippen LogP contribution is -2.45. The Balaban J connectivity index is 2.70. The van der Waals surface area contributed by atoms with E-state index in [2.05, 4.69) is 0 Å². The summed E-state index contributed by atoms with van der Waals surface area (Å²) < 4.78 is 43.1. The Morgan fingerprint density at radius 2 is 2.14 bits per heavy atom. The van der Waals surface area contributed by atoms with E-state index in [4.69, 9.17) is 10.6 Å². The molecule has 0 aromatic heterocycles. The number of nitrogens with two attached hydrogens (primary N) is 1. The minimum absolute atomic E-state index is 0.0208. The third-order valence-corrected chi connectivity index (χ3v) is 2.57. The van der Waals surface area contributed by atoms with E-state index in [-0.39, 0.29) is 26.1 Å². The van der Waals surface area contributed by atoms with Gasteiger partial charge in [-0.2, -0.15) is 13.2 Å². The molecule has 14 heavy (non-hydrogen) atoms. The summed E-state index contributed by atoms with van der Waals surface area (Å²) in [5, 5.41) is 1.20. The van der Waals surface area contributed by atoms with Crippen LogP contribution in [0.15, 0.2) is 0 Å². The first-order valence-corrected chi connectivity index (χ1v) is 4.55. The van der Waals surface area contributed by atoms with Crippen LogP contribution in [0.2, 0.25) is 0 Å².